The first-order chi connectivity index (χ1) is 16.2. The third-order valence-electron chi connectivity index (χ3n) is 6.68. The lowest BCUT2D eigenvalue weighted by Crippen LogP contribution is -2.52. The van der Waals surface area contributed by atoms with Crippen LogP contribution < -0.4 is 5.32 Å². The highest BCUT2D eigenvalue weighted by Gasteiger charge is 2.42. The molecule has 2 aromatic carbocycles. The number of benzene rings is 2. The number of carbonyl (C=O) groups is 1. The molecule has 5 rings (SSSR count). The van der Waals surface area contributed by atoms with Crippen molar-refractivity contribution >= 4 is 11.9 Å². The van der Waals surface area contributed by atoms with E-state index in [0.717, 1.165) is 41.8 Å². The standard InChI is InChI=1S/C28H30FN3O2/c1-27(2,3)34-26(33)31-28(16-7-17-28)21-12-10-19(11-13-21)24-25(20-8-5-4-6-9-20)32-18-22(29)14-15-23(32)30-24/h4-6,8-15,18,24-25H,7,16-17H2,1-3H3,(H,31,33). The number of amidine groups is 1. The summed E-state index contributed by atoms with van der Waals surface area (Å²) < 4.78 is 19.6. The number of hydrogen-bond acceptors (Lipinski definition) is 4. The van der Waals surface area contributed by atoms with Gasteiger partial charge in [0.05, 0.1) is 11.6 Å². The Morgan fingerprint density at radius 1 is 1.06 bits per heavy atom. The van der Waals surface area contributed by atoms with Crippen LogP contribution in [0.2, 0.25) is 0 Å². The normalized spacial score (nSPS) is 22.9. The Balaban J connectivity index is 1.42. The molecule has 5 nitrogen and oxygen atoms in total. The Bertz CT molecular complexity index is 1160. The molecule has 176 valence electrons. The molecule has 1 aliphatic carbocycles. The van der Waals surface area contributed by atoms with Crippen LogP contribution in [-0.2, 0) is 10.3 Å². The first-order valence-electron chi connectivity index (χ1n) is 11.8. The highest BCUT2D eigenvalue weighted by atomic mass is 19.1. The van der Waals surface area contributed by atoms with Crippen molar-refractivity contribution in [2.75, 3.05) is 0 Å². The zero-order chi connectivity index (χ0) is 23.9. The number of allylic oxidation sites excluding steroid dienone is 2. The van der Waals surface area contributed by atoms with Gasteiger partial charge in [-0.25, -0.2) is 9.18 Å². The molecule has 1 saturated carbocycles. The number of halogens is 1. The number of ether oxygens (including phenoxy) is 1. The highest BCUT2D eigenvalue weighted by molar-refractivity contribution is 5.97. The molecule has 0 saturated heterocycles. The molecule has 1 amide bonds. The van der Waals surface area contributed by atoms with Gasteiger partial charge in [0, 0.05) is 6.20 Å². The number of amides is 1. The fourth-order valence-corrected chi connectivity index (χ4v) is 4.94. The SMILES string of the molecule is CC(C)(C)OC(=O)NC1(c2ccc(C3N=C4C=CC(F)=CN4C3c3ccccc3)cc2)CCC1. The van der Waals surface area contributed by atoms with Crippen molar-refractivity contribution in [3.05, 3.63) is 95.5 Å². The molecule has 2 unspecified atom stereocenters. The summed E-state index contributed by atoms with van der Waals surface area (Å²) in [6, 6.07) is 18.1. The molecule has 2 heterocycles. The smallest absolute Gasteiger partial charge is 0.408 e. The van der Waals surface area contributed by atoms with E-state index in [-0.39, 0.29) is 24.0 Å². The van der Waals surface area contributed by atoms with E-state index in [0.29, 0.717) is 0 Å². The lowest BCUT2D eigenvalue weighted by Gasteiger charge is -2.43. The van der Waals surface area contributed by atoms with E-state index in [9.17, 15) is 9.18 Å². The fourth-order valence-electron chi connectivity index (χ4n) is 4.94. The molecule has 2 atom stereocenters. The van der Waals surface area contributed by atoms with Gasteiger partial charge in [0.15, 0.2) is 0 Å². The second-order valence-electron chi connectivity index (χ2n) is 10.2. The van der Waals surface area contributed by atoms with Gasteiger partial charge in [-0.05, 0) is 68.9 Å². The molecule has 6 heteroatoms. The Labute approximate surface area is 200 Å². The third kappa shape index (κ3) is 4.25. The average molecular weight is 460 g/mol. The number of rotatable bonds is 4. The minimum Gasteiger partial charge on any atom is -0.444 e. The van der Waals surface area contributed by atoms with Crippen molar-refractivity contribution in [3.63, 3.8) is 0 Å². The molecule has 2 aromatic rings. The molecule has 0 radical (unpaired) electrons. The number of alkyl carbamates (subject to hydrolysis) is 1. The van der Waals surface area contributed by atoms with Crippen LogP contribution in [-0.4, -0.2) is 22.4 Å². The van der Waals surface area contributed by atoms with E-state index in [4.69, 9.17) is 9.73 Å². The quantitative estimate of drug-likeness (QED) is 0.570. The highest BCUT2D eigenvalue weighted by Crippen LogP contribution is 2.46. The predicted molar refractivity (Wildman–Crippen MR) is 131 cm³/mol. The monoisotopic (exact) mass is 459 g/mol. The maximum atomic E-state index is 14.1. The Kier molecular flexibility index (Phi) is 5.54. The zero-order valence-corrected chi connectivity index (χ0v) is 19.8. The van der Waals surface area contributed by atoms with Gasteiger partial charge in [0.1, 0.15) is 23.3 Å². The van der Waals surface area contributed by atoms with Crippen LogP contribution in [0.5, 0.6) is 0 Å². The number of nitrogens with zero attached hydrogens (tertiary/aromatic N) is 2. The lowest BCUT2D eigenvalue weighted by atomic mass is 9.71. The van der Waals surface area contributed by atoms with E-state index < -0.39 is 11.1 Å². The van der Waals surface area contributed by atoms with Gasteiger partial charge in [-0.2, -0.15) is 0 Å². The van der Waals surface area contributed by atoms with Crippen molar-refractivity contribution in [2.45, 2.75) is 63.3 Å². The summed E-state index contributed by atoms with van der Waals surface area (Å²) in [5, 5.41) is 3.12. The van der Waals surface area contributed by atoms with Crippen LogP contribution >= 0.6 is 0 Å². The molecule has 3 aliphatic rings. The van der Waals surface area contributed by atoms with Gasteiger partial charge in [0.2, 0.25) is 0 Å². The topological polar surface area (TPSA) is 53.9 Å². The summed E-state index contributed by atoms with van der Waals surface area (Å²) in [7, 11) is 0. The zero-order valence-electron chi connectivity index (χ0n) is 19.8. The van der Waals surface area contributed by atoms with Gasteiger partial charge in [-0.3, -0.25) is 4.99 Å². The number of aliphatic imine (C=N–C) groups is 1. The van der Waals surface area contributed by atoms with E-state index >= 15 is 0 Å². The van der Waals surface area contributed by atoms with E-state index in [1.807, 2.05) is 43.9 Å². The molecule has 1 fully saturated rings. The summed E-state index contributed by atoms with van der Waals surface area (Å²) >= 11 is 0. The van der Waals surface area contributed by atoms with Crippen molar-refractivity contribution in [1.29, 1.82) is 0 Å². The molecule has 0 bridgehead atoms. The van der Waals surface area contributed by atoms with Crippen LogP contribution in [0.1, 0.15) is 68.8 Å². The minimum absolute atomic E-state index is 0.129. The maximum Gasteiger partial charge on any atom is 0.408 e. The predicted octanol–water partition coefficient (Wildman–Crippen LogP) is 6.47. The maximum absolute atomic E-state index is 14.1. The summed E-state index contributed by atoms with van der Waals surface area (Å²) in [6.45, 7) is 5.60. The van der Waals surface area contributed by atoms with Gasteiger partial charge in [0.25, 0.3) is 0 Å². The van der Waals surface area contributed by atoms with Crippen LogP contribution in [0.4, 0.5) is 9.18 Å². The average Bonchev–Trinajstić information content (AvgIpc) is 3.14. The second-order valence-corrected chi connectivity index (χ2v) is 10.2. The number of hydrogen-bond donors (Lipinski definition) is 1. The molecular formula is C28H30FN3O2. The third-order valence-corrected chi connectivity index (χ3v) is 6.68. The fraction of sp³-hybridized carbons (Fsp3) is 0.357. The molecular weight excluding hydrogens is 429 g/mol. The van der Waals surface area contributed by atoms with E-state index in [1.54, 1.807) is 6.08 Å². The summed E-state index contributed by atoms with van der Waals surface area (Å²) in [4.78, 5) is 19.3. The van der Waals surface area contributed by atoms with Crippen molar-refractivity contribution in [1.82, 2.24) is 10.2 Å². The molecule has 34 heavy (non-hydrogen) atoms. The van der Waals surface area contributed by atoms with E-state index in [1.165, 1.54) is 12.3 Å². The first kappa shape index (κ1) is 22.4. The Morgan fingerprint density at radius 2 is 1.76 bits per heavy atom. The van der Waals surface area contributed by atoms with Crippen molar-refractivity contribution in [2.24, 2.45) is 4.99 Å². The van der Waals surface area contributed by atoms with Gasteiger partial charge in [-0.1, -0.05) is 54.6 Å². The Hall–Kier alpha value is -3.41. The number of carbonyl (C=O) groups excluding carboxylic acids is 1. The minimum atomic E-state index is -0.540. The van der Waals surface area contributed by atoms with Crippen molar-refractivity contribution in [3.8, 4) is 0 Å². The van der Waals surface area contributed by atoms with E-state index in [2.05, 4.69) is 41.7 Å². The summed E-state index contributed by atoms with van der Waals surface area (Å²) in [5.41, 5.74) is 2.26. The van der Waals surface area contributed by atoms with Crippen LogP contribution in [0, 0.1) is 0 Å². The molecule has 0 aromatic heterocycles. The van der Waals surface area contributed by atoms with Gasteiger partial charge in [-0.15, -0.1) is 0 Å². The van der Waals surface area contributed by atoms with Crippen LogP contribution in [0.15, 0.2) is 83.8 Å². The van der Waals surface area contributed by atoms with Crippen molar-refractivity contribution < 1.29 is 13.9 Å². The number of fused-ring (bicyclic) bond motifs is 1. The lowest BCUT2D eigenvalue weighted by molar-refractivity contribution is 0.0377. The first-order valence-corrected chi connectivity index (χ1v) is 11.8. The number of nitrogens with one attached hydrogen (secondary N) is 1. The van der Waals surface area contributed by atoms with Crippen LogP contribution in [0.3, 0.4) is 0 Å². The van der Waals surface area contributed by atoms with Crippen LogP contribution in [0.25, 0.3) is 0 Å². The largest absolute Gasteiger partial charge is 0.444 e. The van der Waals surface area contributed by atoms with Gasteiger partial charge < -0.3 is 15.0 Å². The summed E-state index contributed by atoms with van der Waals surface area (Å²) in [5.74, 6) is 0.474. The molecule has 1 N–H and O–H groups in total. The second kappa shape index (κ2) is 8.42. The Morgan fingerprint density at radius 3 is 2.38 bits per heavy atom. The van der Waals surface area contributed by atoms with Gasteiger partial charge >= 0.3 is 6.09 Å². The molecule has 0 spiro atoms. The summed E-state index contributed by atoms with van der Waals surface area (Å²) in [6.07, 6.45) is 7.14. The molecule has 2 aliphatic heterocycles.